The third kappa shape index (κ3) is 5.08. The fourth-order valence-corrected chi connectivity index (χ4v) is 4.40. The minimum atomic E-state index is -3.74. The number of carbonyl (C=O) groups excluding carboxylic acids is 1. The van der Waals surface area contributed by atoms with Gasteiger partial charge in [0.05, 0.1) is 27.4 Å². The molecule has 0 atom stereocenters. The Morgan fingerprint density at radius 2 is 1.90 bits per heavy atom. The lowest BCUT2D eigenvalue weighted by Gasteiger charge is -2.18. The summed E-state index contributed by atoms with van der Waals surface area (Å²) in [6.07, 6.45) is 3.53. The van der Waals surface area contributed by atoms with Crippen LogP contribution in [0.15, 0.2) is 65.8 Å². The van der Waals surface area contributed by atoms with Gasteiger partial charge in [0.15, 0.2) is 0 Å². The number of carbonyl (C=O) groups is 1. The number of nitrogens with one attached hydrogen (secondary N) is 1. The number of rotatable bonds is 7. The minimum absolute atomic E-state index is 0.00533. The number of sulfonamides is 1. The van der Waals surface area contributed by atoms with Gasteiger partial charge in [0.25, 0.3) is 5.91 Å². The summed E-state index contributed by atoms with van der Waals surface area (Å²) >= 11 is 6.20. The highest BCUT2D eigenvalue weighted by atomic mass is 35.5. The lowest BCUT2D eigenvalue weighted by Crippen LogP contribution is -2.31. The molecule has 1 aromatic heterocycles. The van der Waals surface area contributed by atoms with Crippen molar-refractivity contribution in [2.24, 2.45) is 0 Å². The number of benzene rings is 2. The molecule has 0 aliphatic rings. The van der Waals surface area contributed by atoms with Gasteiger partial charge in [0.1, 0.15) is 0 Å². The van der Waals surface area contributed by atoms with Crippen molar-refractivity contribution in [3.8, 4) is 5.69 Å². The van der Waals surface area contributed by atoms with Gasteiger partial charge < -0.3 is 4.90 Å². The Hall–Kier alpha value is -2.68. The maximum absolute atomic E-state index is 12.9. The summed E-state index contributed by atoms with van der Waals surface area (Å²) in [5, 5.41) is 4.52. The van der Waals surface area contributed by atoms with E-state index in [1.807, 2.05) is 36.5 Å². The van der Waals surface area contributed by atoms with Crippen LogP contribution in [0.5, 0.6) is 0 Å². The second-order valence-electron chi connectivity index (χ2n) is 7.21. The van der Waals surface area contributed by atoms with Crippen LogP contribution >= 0.6 is 11.6 Å². The van der Waals surface area contributed by atoms with E-state index >= 15 is 0 Å². The van der Waals surface area contributed by atoms with Crippen molar-refractivity contribution in [1.82, 2.24) is 19.4 Å². The lowest BCUT2D eigenvalue weighted by molar-refractivity contribution is 0.0785. The zero-order chi connectivity index (χ0) is 21.9. The Morgan fingerprint density at radius 1 is 1.20 bits per heavy atom. The molecule has 0 unspecified atom stereocenters. The minimum Gasteiger partial charge on any atom is -0.337 e. The number of aromatic nitrogens is 2. The van der Waals surface area contributed by atoms with Crippen molar-refractivity contribution in [2.45, 2.75) is 31.3 Å². The first-order valence-electron chi connectivity index (χ1n) is 9.33. The summed E-state index contributed by atoms with van der Waals surface area (Å²) in [5.74, 6) is -0.381. The third-order valence-corrected chi connectivity index (χ3v) is 6.28. The van der Waals surface area contributed by atoms with Crippen molar-refractivity contribution in [3.05, 3.63) is 77.1 Å². The van der Waals surface area contributed by atoms with E-state index in [4.69, 9.17) is 11.6 Å². The molecule has 1 N–H and O–H groups in total. The molecule has 0 aliphatic carbocycles. The third-order valence-electron chi connectivity index (χ3n) is 4.29. The molecule has 3 rings (SSSR count). The standard InChI is InChI=1S/C21H23ClN4O3S/c1-15(2)24-30(28,29)18-9-10-20(22)19(11-18)21(27)25(3)13-16-12-23-26(14-16)17-7-5-4-6-8-17/h4-12,14-15,24H,13H2,1-3H3. The molecular formula is C21H23ClN4O3S. The fraction of sp³-hybridized carbons (Fsp3) is 0.238. The average Bonchev–Trinajstić information content (AvgIpc) is 3.16. The summed E-state index contributed by atoms with van der Waals surface area (Å²) in [6, 6.07) is 13.5. The van der Waals surface area contributed by atoms with E-state index in [1.54, 1.807) is 31.8 Å². The highest BCUT2D eigenvalue weighted by molar-refractivity contribution is 7.89. The van der Waals surface area contributed by atoms with Crippen LogP contribution in [-0.4, -0.2) is 42.1 Å². The Morgan fingerprint density at radius 3 is 2.57 bits per heavy atom. The Kier molecular flexibility index (Phi) is 6.60. The SMILES string of the molecule is CC(C)NS(=O)(=O)c1ccc(Cl)c(C(=O)N(C)Cc2cnn(-c3ccccc3)c2)c1. The quantitative estimate of drug-likeness (QED) is 0.602. The van der Waals surface area contributed by atoms with E-state index in [9.17, 15) is 13.2 Å². The van der Waals surface area contributed by atoms with Gasteiger partial charge in [0.2, 0.25) is 10.0 Å². The molecule has 0 saturated carbocycles. The average molecular weight is 447 g/mol. The first-order chi connectivity index (χ1) is 14.2. The molecule has 3 aromatic rings. The highest BCUT2D eigenvalue weighted by Crippen LogP contribution is 2.23. The summed E-state index contributed by atoms with van der Waals surface area (Å²) in [7, 11) is -2.11. The molecule has 2 aromatic carbocycles. The number of amides is 1. The Balaban J connectivity index is 1.79. The van der Waals surface area contributed by atoms with E-state index in [0.29, 0.717) is 6.54 Å². The molecule has 0 fully saturated rings. The van der Waals surface area contributed by atoms with Crippen LogP contribution < -0.4 is 4.72 Å². The molecule has 0 spiro atoms. The Bertz CT molecular complexity index is 1140. The van der Waals surface area contributed by atoms with Crippen LogP contribution in [0.25, 0.3) is 5.69 Å². The second-order valence-corrected chi connectivity index (χ2v) is 9.33. The van der Waals surface area contributed by atoms with Crippen LogP contribution in [0, 0.1) is 0 Å². The van der Waals surface area contributed by atoms with Gasteiger partial charge in [0, 0.05) is 31.4 Å². The summed E-state index contributed by atoms with van der Waals surface area (Å²) < 4.78 is 29.1. The normalized spacial score (nSPS) is 11.6. The molecule has 1 amide bonds. The zero-order valence-electron chi connectivity index (χ0n) is 16.9. The first-order valence-corrected chi connectivity index (χ1v) is 11.2. The smallest absolute Gasteiger partial charge is 0.255 e. The molecule has 0 bridgehead atoms. The predicted molar refractivity (Wildman–Crippen MR) is 116 cm³/mol. The van der Waals surface area contributed by atoms with E-state index in [1.165, 1.54) is 23.1 Å². The largest absolute Gasteiger partial charge is 0.337 e. The molecule has 1 heterocycles. The molecule has 30 heavy (non-hydrogen) atoms. The van der Waals surface area contributed by atoms with Crippen molar-refractivity contribution in [3.63, 3.8) is 0 Å². The molecule has 0 aliphatic heterocycles. The van der Waals surface area contributed by atoms with Gasteiger partial charge in [-0.2, -0.15) is 5.10 Å². The predicted octanol–water partition coefficient (Wildman–Crippen LogP) is 3.48. The van der Waals surface area contributed by atoms with Gasteiger partial charge in [-0.15, -0.1) is 0 Å². The van der Waals surface area contributed by atoms with Crippen molar-refractivity contribution in [1.29, 1.82) is 0 Å². The van der Waals surface area contributed by atoms with Gasteiger partial charge in [-0.1, -0.05) is 29.8 Å². The van der Waals surface area contributed by atoms with E-state index < -0.39 is 10.0 Å². The van der Waals surface area contributed by atoms with E-state index in [-0.39, 0.29) is 27.4 Å². The van der Waals surface area contributed by atoms with Gasteiger partial charge in [-0.25, -0.2) is 17.8 Å². The Labute approximate surface area is 181 Å². The maximum atomic E-state index is 12.9. The number of halogens is 1. The van der Waals surface area contributed by atoms with E-state index in [0.717, 1.165) is 11.3 Å². The monoisotopic (exact) mass is 446 g/mol. The summed E-state index contributed by atoms with van der Waals surface area (Å²) in [4.78, 5) is 14.4. The van der Waals surface area contributed by atoms with Gasteiger partial charge in [-0.05, 0) is 44.2 Å². The molecular weight excluding hydrogens is 424 g/mol. The van der Waals surface area contributed by atoms with Crippen LogP contribution in [0.3, 0.4) is 0 Å². The van der Waals surface area contributed by atoms with Gasteiger partial charge in [-0.3, -0.25) is 4.79 Å². The molecule has 158 valence electrons. The molecule has 0 saturated heterocycles. The van der Waals surface area contributed by atoms with Crippen LogP contribution in [0.1, 0.15) is 29.8 Å². The molecule has 7 nitrogen and oxygen atoms in total. The van der Waals surface area contributed by atoms with Crippen LogP contribution in [0.2, 0.25) is 5.02 Å². The number of nitrogens with zero attached hydrogens (tertiary/aromatic N) is 3. The van der Waals surface area contributed by atoms with E-state index in [2.05, 4.69) is 9.82 Å². The molecule has 9 heteroatoms. The molecule has 0 radical (unpaired) electrons. The fourth-order valence-electron chi connectivity index (χ4n) is 2.93. The zero-order valence-corrected chi connectivity index (χ0v) is 18.5. The summed E-state index contributed by atoms with van der Waals surface area (Å²) in [5.41, 5.74) is 1.87. The summed E-state index contributed by atoms with van der Waals surface area (Å²) in [6.45, 7) is 3.75. The topological polar surface area (TPSA) is 84.3 Å². The van der Waals surface area contributed by atoms with Crippen molar-refractivity contribution in [2.75, 3.05) is 7.05 Å². The second kappa shape index (κ2) is 8.99. The van der Waals surface area contributed by atoms with Gasteiger partial charge >= 0.3 is 0 Å². The number of para-hydroxylation sites is 1. The lowest BCUT2D eigenvalue weighted by atomic mass is 10.2. The van der Waals surface area contributed by atoms with Crippen LogP contribution in [0.4, 0.5) is 0 Å². The van der Waals surface area contributed by atoms with Crippen LogP contribution in [-0.2, 0) is 16.6 Å². The maximum Gasteiger partial charge on any atom is 0.255 e. The number of hydrogen-bond donors (Lipinski definition) is 1. The first kappa shape index (κ1) is 22.0. The number of hydrogen-bond acceptors (Lipinski definition) is 4. The van der Waals surface area contributed by atoms with Crippen molar-refractivity contribution >= 4 is 27.5 Å². The van der Waals surface area contributed by atoms with Crippen molar-refractivity contribution < 1.29 is 13.2 Å². The highest BCUT2D eigenvalue weighted by Gasteiger charge is 2.21.